The normalized spacial score (nSPS) is 11.0. The molecule has 9 heteroatoms. The fourth-order valence-corrected chi connectivity index (χ4v) is 2.66. The number of anilines is 2. The lowest BCUT2D eigenvalue weighted by Gasteiger charge is -2.11. The van der Waals surface area contributed by atoms with Crippen LogP contribution in [-0.2, 0) is 9.84 Å². The van der Waals surface area contributed by atoms with Gasteiger partial charge in [-0.3, -0.25) is 0 Å². The summed E-state index contributed by atoms with van der Waals surface area (Å²) in [6.07, 6.45) is 1.48. The predicted octanol–water partition coefficient (Wildman–Crippen LogP) is 1.43. The Morgan fingerprint density at radius 2 is 1.82 bits per heavy atom. The zero-order valence-corrected chi connectivity index (χ0v) is 13.2. The zero-order valence-electron chi connectivity index (χ0n) is 12.4. The van der Waals surface area contributed by atoms with Crippen LogP contribution < -0.4 is 14.8 Å². The van der Waals surface area contributed by atoms with Crippen molar-refractivity contribution in [2.24, 2.45) is 0 Å². The van der Waals surface area contributed by atoms with E-state index in [2.05, 4.69) is 20.3 Å². The van der Waals surface area contributed by atoms with Gasteiger partial charge in [-0.2, -0.15) is 9.97 Å². The molecule has 0 aliphatic carbocycles. The van der Waals surface area contributed by atoms with Crippen LogP contribution in [0.15, 0.2) is 29.3 Å². The van der Waals surface area contributed by atoms with E-state index in [4.69, 9.17) is 9.47 Å². The lowest BCUT2D eigenvalue weighted by Crippen LogP contribution is -2.10. The van der Waals surface area contributed by atoms with Gasteiger partial charge in [0.05, 0.1) is 26.0 Å². The molecular weight excluding hydrogens is 308 g/mol. The summed E-state index contributed by atoms with van der Waals surface area (Å²) in [6, 6.07) is 4.54. The number of pyridine rings is 1. The SMILES string of the molecule is CCS(=O)(=O)c1cccnc1Nc1nc(OC)cc(OC)n1. The van der Waals surface area contributed by atoms with Crippen LogP contribution in [0.1, 0.15) is 6.92 Å². The molecule has 0 amide bonds. The quantitative estimate of drug-likeness (QED) is 0.851. The molecule has 0 bridgehead atoms. The van der Waals surface area contributed by atoms with Crippen LogP contribution in [0, 0.1) is 0 Å². The topological polar surface area (TPSA) is 103 Å². The molecule has 0 radical (unpaired) electrons. The molecule has 2 aromatic heterocycles. The van der Waals surface area contributed by atoms with Crippen molar-refractivity contribution in [3.63, 3.8) is 0 Å². The number of rotatable bonds is 6. The van der Waals surface area contributed by atoms with Gasteiger partial charge in [-0.05, 0) is 12.1 Å². The van der Waals surface area contributed by atoms with Crippen molar-refractivity contribution in [1.29, 1.82) is 0 Å². The van der Waals surface area contributed by atoms with E-state index in [1.54, 1.807) is 13.0 Å². The lowest BCUT2D eigenvalue weighted by molar-refractivity contribution is 0.373. The molecule has 1 N–H and O–H groups in total. The van der Waals surface area contributed by atoms with E-state index in [1.165, 1.54) is 32.5 Å². The van der Waals surface area contributed by atoms with Crippen LogP contribution in [0.2, 0.25) is 0 Å². The molecule has 2 rings (SSSR count). The van der Waals surface area contributed by atoms with E-state index < -0.39 is 9.84 Å². The minimum Gasteiger partial charge on any atom is -0.481 e. The Bertz CT molecular complexity index is 742. The first-order chi connectivity index (χ1) is 10.5. The van der Waals surface area contributed by atoms with Crippen LogP contribution in [0.5, 0.6) is 11.8 Å². The molecule has 0 saturated carbocycles. The maximum atomic E-state index is 12.1. The van der Waals surface area contributed by atoms with Crippen LogP contribution in [0.3, 0.4) is 0 Å². The van der Waals surface area contributed by atoms with Crippen molar-refractivity contribution in [1.82, 2.24) is 15.0 Å². The van der Waals surface area contributed by atoms with Gasteiger partial charge in [-0.25, -0.2) is 13.4 Å². The molecule has 0 aliphatic rings. The van der Waals surface area contributed by atoms with Crippen molar-refractivity contribution < 1.29 is 17.9 Å². The Kier molecular flexibility index (Phi) is 4.76. The lowest BCUT2D eigenvalue weighted by atomic mass is 10.4. The maximum Gasteiger partial charge on any atom is 0.235 e. The highest BCUT2D eigenvalue weighted by molar-refractivity contribution is 7.91. The summed E-state index contributed by atoms with van der Waals surface area (Å²) in [6.45, 7) is 1.57. The smallest absolute Gasteiger partial charge is 0.235 e. The largest absolute Gasteiger partial charge is 0.481 e. The number of methoxy groups -OCH3 is 2. The number of hydrogen-bond acceptors (Lipinski definition) is 8. The van der Waals surface area contributed by atoms with Gasteiger partial charge in [0, 0.05) is 6.20 Å². The first-order valence-corrected chi connectivity index (χ1v) is 8.07. The van der Waals surface area contributed by atoms with E-state index in [-0.39, 0.29) is 34.2 Å². The van der Waals surface area contributed by atoms with Gasteiger partial charge in [0.2, 0.25) is 17.7 Å². The van der Waals surface area contributed by atoms with Crippen molar-refractivity contribution >= 4 is 21.6 Å². The number of ether oxygens (including phenoxy) is 2. The predicted molar refractivity (Wildman–Crippen MR) is 80.4 cm³/mol. The fourth-order valence-electron chi connectivity index (χ4n) is 1.67. The molecule has 8 nitrogen and oxygen atoms in total. The van der Waals surface area contributed by atoms with Crippen molar-refractivity contribution in [3.8, 4) is 11.8 Å². The average Bonchev–Trinajstić information content (AvgIpc) is 2.54. The molecule has 118 valence electrons. The standard InChI is InChI=1S/C13H16N4O4S/c1-4-22(18,19)9-6-5-7-14-12(9)17-13-15-10(20-2)8-11(16-13)21-3/h5-8H,4H2,1-3H3,(H,14,15,16,17). The highest BCUT2D eigenvalue weighted by atomic mass is 32.2. The summed E-state index contributed by atoms with van der Waals surface area (Å²) in [5, 5.41) is 2.79. The fraction of sp³-hybridized carbons (Fsp3) is 0.308. The second-order valence-corrected chi connectivity index (χ2v) is 6.40. The van der Waals surface area contributed by atoms with Crippen molar-refractivity contribution in [2.45, 2.75) is 11.8 Å². The Labute approximate surface area is 128 Å². The second kappa shape index (κ2) is 6.56. The summed E-state index contributed by atoms with van der Waals surface area (Å²) >= 11 is 0. The van der Waals surface area contributed by atoms with E-state index in [0.29, 0.717) is 0 Å². The summed E-state index contributed by atoms with van der Waals surface area (Å²) < 4.78 is 34.3. The van der Waals surface area contributed by atoms with Gasteiger partial charge < -0.3 is 14.8 Å². The molecule has 0 atom stereocenters. The second-order valence-electron chi connectivity index (χ2n) is 4.15. The molecule has 0 fully saturated rings. The number of nitrogens with zero attached hydrogens (tertiary/aromatic N) is 3. The third kappa shape index (κ3) is 3.42. The molecule has 0 saturated heterocycles. The number of aromatic nitrogens is 3. The number of hydrogen-bond donors (Lipinski definition) is 1. The van der Waals surface area contributed by atoms with E-state index in [9.17, 15) is 8.42 Å². The van der Waals surface area contributed by atoms with Gasteiger partial charge in [-0.15, -0.1) is 0 Å². The summed E-state index contributed by atoms with van der Waals surface area (Å²) in [7, 11) is -0.508. The number of nitrogens with one attached hydrogen (secondary N) is 1. The van der Waals surface area contributed by atoms with Gasteiger partial charge in [0.15, 0.2) is 15.7 Å². The number of sulfone groups is 1. The Morgan fingerprint density at radius 3 is 2.36 bits per heavy atom. The molecule has 0 unspecified atom stereocenters. The molecule has 0 spiro atoms. The van der Waals surface area contributed by atoms with Gasteiger partial charge in [0.1, 0.15) is 4.90 Å². The minimum atomic E-state index is -3.42. The molecule has 2 aromatic rings. The first-order valence-electron chi connectivity index (χ1n) is 6.42. The molecular formula is C13H16N4O4S. The average molecular weight is 324 g/mol. The zero-order chi connectivity index (χ0) is 16.2. The molecule has 2 heterocycles. The third-order valence-electron chi connectivity index (χ3n) is 2.81. The van der Waals surface area contributed by atoms with Gasteiger partial charge in [-0.1, -0.05) is 6.92 Å². The van der Waals surface area contributed by atoms with Crippen LogP contribution in [-0.4, -0.2) is 43.3 Å². The van der Waals surface area contributed by atoms with Crippen LogP contribution in [0.25, 0.3) is 0 Å². The monoisotopic (exact) mass is 324 g/mol. The molecule has 22 heavy (non-hydrogen) atoms. The summed E-state index contributed by atoms with van der Waals surface area (Å²) in [5.41, 5.74) is 0. The van der Waals surface area contributed by atoms with Gasteiger partial charge >= 0.3 is 0 Å². The maximum absolute atomic E-state index is 12.1. The van der Waals surface area contributed by atoms with Crippen LogP contribution >= 0.6 is 0 Å². The Morgan fingerprint density at radius 1 is 1.18 bits per heavy atom. The highest BCUT2D eigenvalue weighted by Crippen LogP contribution is 2.24. The van der Waals surface area contributed by atoms with E-state index in [0.717, 1.165) is 0 Å². The van der Waals surface area contributed by atoms with Crippen LogP contribution in [0.4, 0.5) is 11.8 Å². The minimum absolute atomic E-state index is 0.0321. The molecule has 0 aliphatic heterocycles. The first kappa shape index (κ1) is 16.0. The Balaban J connectivity index is 2.44. The summed E-state index contributed by atoms with van der Waals surface area (Å²) in [4.78, 5) is 12.3. The third-order valence-corrected chi connectivity index (χ3v) is 4.57. The van der Waals surface area contributed by atoms with Crippen molar-refractivity contribution in [2.75, 3.05) is 25.3 Å². The van der Waals surface area contributed by atoms with E-state index in [1.807, 2.05) is 0 Å². The highest BCUT2D eigenvalue weighted by Gasteiger charge is 2.18. The van der Waals surface area contributed by atoms with Gasteiger partial charge in [0.25, 0.3) is 0 Å². The Hall–Kier alpha value is -2.42. The molecule has 0 aromatic carbocycles. The van der Waals surface area contributed by atoms with E-state index >= 15 is 0 Å². The summed E-state index contributed by atoms with van der Waals surface area (Å²) in [5.74, 6) is 0.813. The van der Waals surface area contributed by atoms with Crippen molar-refractivity contribution in [3.05, 3.63) is 24.4 Å².